The summed E-state index contributed by atoms with van der Waals surface area (Å²) in [6.45, 7) is 0. The van der Waals surface area contributed by atoms with Gasteiger partial charge in [0.25, 0.3) is 5.91 Å². The molecule has 0 unspecified atom stereocenters. The Bertz CT molecular complexity index is 942. The third-order valence-electron chi connectivity index (χ3n) is 3.80. The Balaban J connectivity index is 1.75. The van der Waals surface area contributed by atoms with Crippen LogP contribution in [0, 0.1) is 0 Å². The molecule has 2 aromatic carbocycles. The molecule has 1 aliphatic rings. The number of carbonyl (C=O) groups excluding carboxylic acids is 2. The maximum absolute atomic E-state index is 12.4. The molecule has 0 bridgehead atoms. The highest BCUT2D eigenvalue weighted by Gasteiger charge is 2.33. The number of thioether (sulfide) groups is 1. The number of nitrogens with zero attached hydrogens (tertiary/aromatic N) is 2. The van der Waals surface area contributed by atoms with Crippen LogP contribution in [0.4, 0.5) is 10.5 Å². The lowest BCUT2D eigenvalue weighted by Crippen LogP contribution is -2.44. The maximum Gasteiger partial charge on any atom is 0.310 e. The van der Waals surface area contributed by atoms with Crippen molar-refractivity contribution in [2.75, 3.05) is 19.0 Å². The van der Waals surface area contributed by atoms with Crippen LogP contribution in [0.15, 0.2) is 53.4 Å². The van der Waals surface area contributed by atoms with E-state index in [4.69, 9.17) is 23.8 Å². The van der Waals surface area contributed by atoms with E-state index in [0.717, 1.165) is 28.0 Å². The van der Waals surface area contributed by atoms with Crippen LogP contribution in [-0.4, -0.2) is 35.2 Å². The van der Waals surface area contributed by atoms with Crippen LogP contribution in [0.5, 0.6) is 0 Å². The summed E-state index contributed by atoms with van der Waals surface area (Å²) in [5.41, 5.74) is 4.88. The molecule has 1 saturated heterocycles. The lowest BCUT2D eigenvalue weighted by atomic mass is 10.2. The van der Waals surface area contributed by atoms with Gasteiger partial charge in [0.2, 0.25) is 0 Å². The molecule has 0 atom stereocenters. The van der Waals surface area contributed by atoms with Crippen LogP contribution in [0.1, 0.15) is 15.9 Å². The molecule has 2 aromatic rings. The van der Waals surface area contributed by atoms with Crippen LogP contribution in [0.2, 0.25) is 5.02 Å². The fourth-order valence-corrected chi connectivity index (χ4v) is 3.73. The Morgan fingerprint density at radius 1 is 1.22 bits per heavy atom. The molecule has 0 aromatic heterocycles. The van der Waals surface area contributed by atoms with Crippen LogP contribution in [-0.2, 0) is 0 Å². The molecule has 3 rings (SSSR count). The van der Waals surface area contributed by atoms with Crippen molar-refractivity contribution in [3.05, 3.63) is 69.6 Å². The predicted octanol–water partition coefficient (Wildman–Crippen LogP) is 4.59. The highest BCUT2D eigenvalue weighted by molar-refractivity contribution is 8.19. The van der Waals surface area contributed by atoms with Gasteiger partial charge in [0.15, 0.2) is 0 Å². The summed E-state index contributed by atoms with van der Waals surface area (Å²) in [6, 6.07) is 14.3. The maximum atomic E-state index is 12.4. The number of benzene rings is 2. The van der Waals surface area contributed by atoms with Crippen LogP contribution >= 0.6 is 35.6 Å². The quantitative estimate of drug-likeness (QED) is 0.582. The lowest BCUT2D eigenvalue weighted by Gasteiger charge is -2.16. The fourth-order valence-electron chi connectivity index (χ4n) is 2.38. The first-order chi connectivity index (χ1) is 12.8. The first-order valence-electron chi connectivity index (χ1n) is 7.97. The van der Waals surface area contributed by atoms with Crippen molar-refractivity contribution in [3.63, 3.8) is 0 Å². The van der Waals surface area contributed by atoms with Crippen LogP contribution in [0.3, 0.4) is 0 Å². The van der Waals surface area contributed by atoms with E-state index >= 15 is 0 Å². The fraction of sp³-hybridized carbons (Fsp3) is 0.105. The normalized spacial score (nSPS) is 15.4. The molecular weight excluding hydrogens is 402 g/mol. The van der Waals surface area contributed by atoms with Crippen molar-refractivity contribution in [2.24, 2.45) is 0 Å². The van der Waals surface area contributed by atoms with E-state index in [1.54, 1.807) is 18.2 Å². The number of rotatable bonds is 4. The third kappa shape index (κ3) is 4.50. The number of halogens is 1. The summed E-state index contributed by atoms with van der Waals surface area (Å²) in [5.74, 6) is -0.453. The molecule has 2 amide bonds. The average molecular weight is 418 g/mol. The van der Waals surface area contributed by atoms with Gasteiger partial charge in [-0.2, -0.15) is 5.01 Å². The zero-order chi connectivity index (χ0) is 19.6. The Labute approximate surface area is 171 Å². The molecule has 138 valence electrons. The van der Waals surface area contributed by atoms with Gasteiger partial charge < -0.3 is 4.90 Å². The molecule has 0 saturated carbocycles. The van der Waals surface area contributed by atoms with E-state index in [9.17, 15) is 9.59 Å². The molecule has 1 heterocycles. The van der Waals surface area contributed by atoms with Gasteiger partial charge in [-0.25, -0.2) is 0 Å². The Morgan fingerprint density at radius 3 is 2.56 bits per heavy atom. The second-order valence-corrected chi connectivity index (χ2v) is 7.77. The van der Waals surface area contributed by atoms with Crippen molar-refractivity contribution < 1.29 is 9.59 Å². The van der Waals surface area contributed by atoms with Crippen LogP contribution < -0.4 is 10.3 Å². The number of amides is 2. The van der Waals surface area contributed by atoms with Gasteiger partial charge in [0, 0.05) is 30.4 Å². The number of anilines is 1. The minimum absolute atomic E-state index is 0.261. The summed E-state index contributed by atoms with van der Waals surface area (Å²) >= 11 is 12.3. The molecule has 1 N–H and O–H groups in total. The first kappa shape index (κ1) is 19.4. The molecule has 0 radical (unpaired) electrons. The molecule has 0 aliphatic carbocycles. The van der Waals surface area contributed by atoms with Crippen molar-refractivity contribution in [2.45, 2.75) is 0 Å². The Hall–Kier alpha value is -2.35. The number of hydrogen-bond donors (Lipinski definition) is 1. The minimum Gasteiger partial charge on any atom is -0.378 e. The molecule has 5 nitrogen and oxygen atoms in total. The number of nitrogens with one attached hydrogen (secondary N) is 1. The highest BCUT2D eigenvalue weighted by Crippen LogP contribution is 2.32. The first-order valence-corrected chi connectivity index (χ1v) is 9.57. The van der Waals surface area contributed by atoms with E-state index in [1.165, 1.54) is 6.07 Å². The van der Waals surface area contributed by atoms with Gasteiger partial charge in [-0.3, -0.25) is 15.0 Å². The molecule has 1 aliphatic heterocycles. The van der Waals surface area contributed by atoms with E-state index < -0.39 is 5.91 Å². The van der Waals surface area contributed by atoms with E-state index in [0.29, 0.717) is 15.5 Å². The van der Waals surface area contributed by atoms with Gasteiger partial charge in [0.05, 0.1) is 4.91 Å². The summed E-state index contributed by atoms with van der Waals surface area (Å²) in [5, 5.41) is 1.17. The topological polar surface area (TPSA) is 52.7 Å². The SMILES string of the molecule is CN(C)c1ccc(C=C2SC(=O)N(NC(=O)c3cccc(Cl)c3)C2=S)cc1. The second kappa shape index (κ2) is 8.12. The number of carbonyl (C=O) groups is 2. The molecule has 0 spiro atoms. The number of hydrogen-bond acceptors (Lipinski definition) is 5. The largest absolute Gasteiger partial charge is 0.378 e. The van der Waals surface area contributed by atoms with Gasteiger partial charge in [-0.15, -0.1) is 0 Å². The van der Waals surface area contributed by atoms with Gasteiger partial charge in [0.1, 0.15) is 4.99 Å². The van der Waals surface area contributed by atoms with Crippen LogP contribution in [0.25, 0.3) is 6.08 Å². The molecule has 8 heteroatoms. The number of thiocarbonyl (C=S) groups is 1. The smallest absolute Gasteiger partial charge is 0.310 e. The summed E-state index contributed by atoms with van der Waals surface area (Å²) < 4.78 is 0. The molecular formula is C19H16ClN3O2S2. The second-order valence-electron chi connectivity index (χ2n) is 5.95. The van der Waals surface area contributed by atoms with E-state index in [-0.39, 0.29) is 10.2 Å². The zero-order valence-corrected chi connectivity index (χ0v) is 17.0. The zero-order valence-electron chi connectivity index (χ0n) is 14.6. The van der Waals surface area contributed by atoms with Gasteiger partial charge >= 0.3 is 5.24 Å². The Kier molecular flexibility index (Phi) is 5.84. The van der Waals surface area contributed by atoms with Crippen molar-refractivity contribution in [1.29, 1.82) is 0 Å². The summed E-state index contributed by atoms with van der Waals surface area (Å²) in [7, 11) is 3.93. The third-order valence-corrected chi connectivity index (χ3v) is 5.46. The van der Waals surface area contributed by atoms with E-state index in [1.807, 2.05) is 49.3 Å². The molecule has 27 heavy (non-hydrogen) atoms. The van der Waals surface area contributed by atoms with Gasteiger partial charge in [-0.05, 0) is 53.7 Å². The highest BCUT2D eigenvalue weighted by atomic mass is 35.5. The lowest BCUT2D eigenvalue weighted by molar-refractivity contribution is 0.0896. The summed E-state index contributed by atoms with van der Waals surface area (Å²) in [4.78, 5) is 27.5. The van der Waals surface area contributed by atoms with Crippen molar-refractivity contribution in [3.8, 4) is 0 Å². The number of hydrazine groups is 1. The monoisotopic (exact) mass is 417 g/mol. The predicted molar refractivity (Wildman–Crippen MR) is 115 cm³/mol. The minimum atomic E-state index is -0.453. The van der Waals surface area contributed by atoms with Crippen molar-refractivity contribution in [1.82, 2.24) is 10.4 Å². The Morgan fingerprint density at radius 2 is 1.93 bits per heavy atom. The molecule has 1 fully saturated rings. The van der Waals surface area contributed by atoms with Crippen molar-refractivity contribution >= 4 is 63.5 Å². The standard InChI is InChI=1S/C19H16ClN3O2S2/c1-22(2)15-8-6-12(7-9-15)10-16-18(26)23(19(25)27-16)21-17(24)13-4-3-5-14(20)11-13/h3-11H,1-2H3,(H,21,24). The average Bonchev–Trinajstić information content (AvgIpc) is 2.89. The summed E-state index contributed by atoms with van der Waals surface area (Å²) in [6.07, 6.45) is 1.83. The van der Waals surface area contributed by atoms with E-state index in [2.05, 4.69) is 5.43 Å². The van der Waals surface area contributed by atoms with Gasteiger partial charge in [-0.1, -0.05) is 42.0 Å².